The van der Waals surface area contributed by atoms with Crippen LogP contribution in [0.3, 0.4) is 0 Å². The van der Waals surface area contributed by atoms with Crippen LogP contribution in [-0.4, -0.2) is 76.0 Å². The van der Waals surface area contributed by atoms with Gasteiger partial charge >= 0.3 is 6.18 Å². The molecule has 0 bridgehead atoms. The molecule has 0 unspecified atom stereocenters. The number of anilines is 1. The number of rotatable bonds is 8. The van der Waals surface area contributed by atoms with Gasteiger partial charge in [0.15, 0.2) is 17.0 Å². The van der Waals surface area contributed by atoms with Crippen molar-refractivity contribution in [3.05, 3.63) is 28.7 Å². The molecule has 1 aliphatic heterocycles. The number of likely N-dealkylation sites (tertiary alicyclic amines) is 1. The number of alkyl halides is 3. The molecule has 0 saturated carbocycles. The Morgan fingerprint density at radius 1 is 1.22 bits per heavy atom. The highest BCUT2D eigenvalue weighted by molar-refractivity contribution is 7.07. The van der Waals surface area contributed by atoms with E-state index in [2.05, 4.69) is 19.9 Å². The second-order valence-corrected chi connectivity index (χ2v) is 8.73. The highest BCUT2D eigenvalue weighted by atomic mass is 32.1. The van der Waals surface area contributed by atoms with E-state index in [4.69, 9.17) is 9.72 Å². The summed E-state index contributed by atoms with van der Waals surface area (Å²) >= 11 is 1.58. The van der Waals surface area contributed by atoms with Crippen LogP contribution in [0.25, 0.3) is 11.2 Å². The lowest BCUT2D eigenvalue weighted by molar-refractivity contribution is -0.140. The summed E-state index contributed by atoms with van der Waals surface area (Å²) in [6.45, 7) is 2.41. The number of hydrogen-bond acceptors (Lipinski definition) is 8. The molecule has 32 heavy (non-hydrogen) atoms. The van der Waals surface area contributed by atoms with Gasteiger partial charge in [-0.3, -0.25) is 4.90 Å². The highest BCUT2D eigenvalue weighted by Gasteiger charge is 2.31. The van der Waals surface area contributed by atoms with Crippen LogP contribution in [0.5, 0.6) is 0 Å². The molecule has 174 valence electrons. The molecule has 3 aromatic rings. The van der Waals surface area contributed by atoms with Gasteiger partial charge in [0.1, 0.15) is 12.4 Å². The van der Waals surface area contributed by atoms with Crippen molar-refractivity contribution >= 4 is 28.3 Å². The summed E-state index contributed by atoms with van der Waals surface area (Å²) in [7, 11) is 3.44. The van der Waals surface area contributed by atoms with E-state index in [1.807, 2.05) is 22.8 Å². The highest BCUT2D eigenvalue weighted by Crippen LogP contribution is 2.31. The molecule has 1 saturated heterocycles. The fourth-order valence-electron chi connectivity index (χ4n) is 3.93. The maximum absolute atomic E-state index is 13.1. The van der Waals surface area contributed by atoms with Crippen molar-refractivity contribution in [3.8, 4) is 0 Å². The molecule has 3 aromatic heterocycles. The van der Waals surface area contributed by atoms with Gasteiger partial charge < -0.3 is 14.2 Å². The van der Waals surface area contributed by atoms with E-state index in [0.29, 0.717) is 30.3 Å². The number of nitrogens with zero attached hydrogens (tertiary/aromatic N) is 7. The van der Waals surface area contributed by atoms with Gasteiger partial charge in [0, 0.05) is 38.5 Å². The predicted octanol–water partition coefficient (Wildman–Crippen LogP) is 3.31. The van der Waals surface area contributed by atoms with Crippen molar-refractivity contribution in [1.29, 1.82) is 0 Å². The Balaban J connectivity index is 1.59. The molecule has 12 heteroatoms. The fourth-order valence-corrected chi connectivity index (χ4v) is 4.48. The second-order valence-electron chi connectivity index (χ2n) is 8.01. The lowest BCUT2D eigenvalue weighted by Crippen LogP contribution is -2.33. The van der Waals surface area contributed by atoms with Crippen LogP contribution >= 0.6 is 11.3 Å². The summed E-state index contributed by atoms with van der Waals surface area (Å²) in [6.07, 6.45) is -1.49. The zero-order valence-corrected chi connectivity index (χ0v) is 18.9. The van der Waals surface area contributed by atoms with Gasteiger partial charge in [-0.15, -0.1) is 11.3 Å². The molecule has 4 rings (SSSR count). The molecule has 0 N–H and O–H groups in total. The van der Waals surface area contributed by atoms with Crippen molar-refractivity contribution < 1.29 is 17.9 Å². The van der Waals surface area contributed by atoms with Crippen LogP contribution in [-0.2, 0) is 17.8 Å². The largest absolute Gasteiger partial charge is 0.406 e. The third-order valence-electron chi connectivity index (χ3n) is 5.63. The number of piperidine rings is 1. The first kappa shape index (κ1) is 22.9. The molecule has 1 aliphatic rings. The SMILES string of the molecule is COCCN(C)c1nc(C2CCN(Cc3cscn3)CC2)nc2c1ncn2CC(F)(F)F. The molecule has 0 radical (unpaired) electrons. The van der Waals surface area contributed by atoms with Crippen molar-refractivity contribution in [2.45, 2.75) is 38.0 Å². The van der Waals surface area contributed by atoms with Crippen LogP contribution in [0, 0.1) is 0 Å². The maximum atomic E-state index is 13.1. The summed E-state index contributed by atoms with van der Waals surface area (Å²) in [5.41, 5.74) is 3.48. The van der Waals surface area contributed by atoms with Crippen molar-refractivity contribution in [2.24, 2.45) is 0 Å². The molecule has 0 spiro atoms. The van der Waals surface area contributed by atoms with Gasteiger partial charge in [0.25, 0.3) is 0 Å². The van der Waals surface area contributed by atoms with Crippen molar-refractivity contribution in [2.75, 3.05) is 45.3 Å². The van der Waals surface area contributed by atoms with E-state index in [9.17, 15) is 13.2 Å². The molecule has 0 amide bonds. The van der Waals surface area contributed by atoms with Crippen molar-refractivity contribution in [3.63, 3.8) is 0 Å². The zero-order valence-electron chi connectivity index (χ0n) is 18.0. The first-order valence-corrected chi connectivity index (χ1v) is 11.4. The molecular weight excluding hydrogens is 443 g/mol. The Bertz CT molecular complexity index is 1020. The van der Waals surface area contributed by atoms with Gasteiger partial charge in [-0.25, -0.2) is 19.9 Å². The van der Waals surface area contributed by atoms with E-state index in [1.54, 1.807) is 18.4 Å². The third kappa shape index (κ3) is 5.36. The summed E-state index contributed by atoms with van der Waals surface area (Å²) in [6, 6.07) is 0. The number of halogens is 3. The number of methoxy groups -OCH3 is 1. The topological polar surface area (TPSA) is 72.2 Å². The Hall–Kier alpha value is -2.31. The monoisotopic (exact) mass is 469 g/mol. The van der Waals surface area contributed by atoms with Gasteiger partial charge in [0.2, 0.25) is 0 Å². The second kappa shape index (κ2) is 9.67. The van der Waals surface area contributed by atoms with E-state index in [-0.39, 0.29) is 11.6 Å². The number of thiazole rings is 1. The number of ether oxygens (including phenoxy) is 1. The van der Waals surface area contributed by atoms with Crippen LogP contribution in [0.15, 0.2) is 17.2 Å². The minimum Gasteiger partial charge on any atom is -0.383 e. The van der Waals surface area contributed by atoms with Crippen LogP contribution < -0.4 is 4.90 Å². The molecule has 1 fully saturated rings. The quantitative estimate of drug-likeness (QED) is 0.501. The van der Waals surface area contributed by atoms with Crippen LogP contribution in [0.2, 0.25) is 0 Å². The van der Waals surface area contributed by atoms with Crippen LogP contribution in [0.1, 0.15) is 30.3 Å². The van der Waals surface area contributed by atoms with Crippen LogP contribution in [0.4, 0.5) is 19.0 Å². The number of hydrogen-bond donors (Lipinski definition) is 0. The maximum Gasteiger partial charge on any atom is 0.406 e. The lowest BCUT2D eigenvalue weighted by Gasteiger charge is -2.31. The van der Waals surface area contributed by atoms with E-state index < -0.39 is 12.7 Å². The molecule has 4 heterocycles. The average Bonchev–Trinajstić information content (AvgIpc) is 3.41. The van der Waals surface area contributed by atoms with Gasteiger partial charge in [-0.2, -0.15) is 13.2 Å². The van der Waals surface area contributed by atoms with E-state index in [1.165, 1.54) is 6.33 Å². The van der Waals surface area contributed by atoms with Gasteiger partial charge in [-0.1, -0.05) is 0 Å². The zero-order chi connectivity index (χ0) is 22.7. The molecular formula is C20H26F3N7OS. The summed E-state index contributed by atoms with van der Waals surface area (Å²) in [5, 5.41) is 2.05. The Labute approximate surface area is 188 Å². The number of fused-ring (bicyclic) bond motifs is 1. The van der Waals surface area contributed by atoms with E-state index >= 15 is 0 Å². The minimum atomic E-state index is -4.36. The molecule has 0 aliphatic carbocycles. The van der Waals surface area contributed by atoms with Gasteiger partial charge in [-0.05, 0) is 25.9 Å². The first-order valence-electron chi connectivity index (χ1n) is 10.4. The summed E-state index contributed by atoms with van der Waals surface area (Å²) in [4.78, 5) is 22.1. The van der Waals surface area contributed by atoms with E-state index in [0.717, 1.165) is 42.7 Å². The first-order chi connectivity index (χ1) is 15.3. The smallest absolute Gasteiger partial charge is 0.383 e. The number of imidazole rings is 1. The molecule has 8 nitrogen and oxygen atoms in total. The minimum absolute atomic E-state index is 0.0786. The number of aromatic nitrogens is 5. The summed E-state index contributed by atoms with van der Waals surface area (Å²) < 4.78 is 45.5. The Kier molecular flexibility index (Phi) is 6.91. The predicted molar refractivity (Wildman–Crippen MR) is 116 cm³/mol. The normalized spacial score (nSPS) is 16.2. The lowest BCUT2D eigenvalue weighted by atomic mass is 9.96. The summed E-state index contributed by atoms with van der Waals surface area (Å²) in [5.74, 6) is 1.19. The standard InChI is InChI=1S/C20H26F3N7OS/c1-28(7-8-31-2)18-16-19(30(12-24-16)11-20(21,22)23)27-17(26-18)14-3-5-29(6-4-14)9-15-10-32-13-25-15/h10,12-14H,3-9,11H2,1-2H3. The van der Waals surface area contributed by atoms with Gasteiger partial charge in [0.05, 0.1) is 24.1 Å². The third-order valence-corrected chi connectivity index (χ3v) is 6.26. The van der Waals surface area contributed by atoms with Crippen molar-refractivity contribution in [1.82, 2.24) is 29.4 Å². The molecule has 0 aromatic carbocycles. The Morgan fingerprint density at radius 3 is 2.66 bits per heavy atom. The fraction of sp³-hybridized carbons (Fsp3) is 0.600. The average molecular weight is 470 g/mol. The number of likely N-dealkylation sites (N-methyl/N-ethyl adjacent to an activating group) is 1. The molecule has 0 atom stereocenters. The Morgan fingerprint density at radius 2 is 2.00 bits per heavy atom.